The summed E-state index contributed by atoms with van der Waals surface area (Å²) < 4.78 is 0. The van der Waals surface area contributed by atoms with Gasteiger partial charge in [0, 0.05) is 23.3 Å². The molecule has 3 aromatic rings. The molecule has 3 nitrogen and oxygen atoms in total. The first kappa shape index (κ1) is 11.9. The minimum atomic E-state index is -0.305. The van der Waals surface area contributed by atoms with E-state index in [2.05, 4.69) is 40.3 Å². The fourth-order valence-corrected chi connectivity index (χ4v) is 2.29. The first-order valence-corrected chi connectivity index (χ1v) is 6.37. The molecular weight excluding hydrogens is 234 g/mol. The minimum Gasteiger partial charge on any atom is -0.346 e. The third kappa shape index (κ3) is 2.13. The zero-order valence-corrected chi connectivity index (χ0v) is 11.1. The molecule has 0 aliphatic rings. The highest BCUT2D eigenvalue weighted by Gasteiger charge is 2.14. The molecule has 2 heterocycles. The fraction of sp³-hybridized carbons (Fsp3) is 0.188. The molecule has 0 aliphatic carbocycles. The number of pyridine rings is 1. The summed E-state index contributed by atoms with van der Waals surface area (Å²) in [6.45, 7) is 4.03. The molecule has 96 valence electrons. The van der Waals surface area contributed by atoms with E-state index >= 15 is 0 Å². The standard InChI is InChI=1S/C16H17N3/c1-16(2,17)12-5-3-11(4-6-12)13-7-9-18-15-14(13)8-10-19-15/h3-10H,17H2,1-2H3,(H,18,19). The van der Waals surface area contributed by atoms with Gasteiger partial charge in [0.15, 0.2) is 0 Å². The van der Waals surface area contributed by atoms with Crippen molar-refractivity contribution in [2.75, 3.05) is 0 Å². The number of nitrogens with one attached hydrogen (secondary N) is 1. The summed E-state index contributed by atoms with van der Waals surface area (Å²) >= 11 is 0. The van der Waals surface area contributed by atoms with E-state index in [-0.39, 0.29) is 5.54 Å². The van der Waals surface area contributed by atoms with E-state index in [4.69, 9.17) is 5.73 Å². The van der Waals surface area contributed by atoms with E-state index in [1.165, 1.54) is 11.1 Å². The van der Waals surface area contributed by atoms with E-state index in [1.54, 1.807) is 0 Å². The van der Waals surface area contributed by atoms with Crippen molar-refractivity contribution in [2.24, 2.45) is 5.73 Å². The van der Waals surface area contributed by atoms with Crippen LogP contribution in [0.5, 0.6) is 0 Å². The van der Waals surface area contributed by atoms with Crippen LogP contribution in [0.25, 0.3) is 22.2 Å². The Labute approximate surface area is 112 Å². The maximum atomic E-state index is 6.10. The molecule has 3 heteroatoms. The average Bonchev–Trinajstić information content (AvgIpc) is 2.86. The number of nitrogens with two attached hydrogens (primary N) is 1. The summed E-state index contributed by atoms with van der Waals surface area (Å²) in [7, 11) is 0. The Morgan fingerprint density at radius 3 is 2.47 bits per heavy atom. The van der Waals surface area contributed by atoms with Crippen molar-refractivity contribution in [3.8, 4) is 11.1 Å². The van der Waals surface area contributed by atoms with E-state index in [0.29, 0.717) is 0 Å². The van der Waals surface area contributed by atoms with Crippen molar-refractivity contribution in [2.45, 2.75) is 19.4 Å². The predicted octanol–water partition coefficient (Wildman–Crippen LogP) is 3.42. The number of hydrogen-bond donors (Lipinski definition) is 2. The smallest absolute Gasteiger partial charge is 0.137 e. The van der Waals surface area contributed by atoms with Crippen molar-refractivity contribution < 1.29 is 0 Å². The summed E-state index contributed by atoms with van der Waals surface area (Å²) in [5.74, 6) is 0. The van der Waals surface area contributed by atoms with Crippen LogP contribution in [0.1, 0.15) is 19.4 Å². The lowest BCUT2D eigenvalue weighted by molar-refractivity contribution is 0.554. The molecule has 0 saturated carbocycles. The van der Waals surface area contributed by atoms with Gasteiger partial charge >= 0.3 is 0 Å². The van der Waals surface area contributed by atoms with Gasteiger partial charge in [0.1, 0.15) is 5.65 Å². The van der Waals surface area contributed by atoms with Gasteiger partial charge in [-0.2, -0.15) is 0 Å². The number of nitrogens with zero attached hydrogens (tertiary/aromatic N) is 1. The molecule has 0 radical (unpaired) electrons. The van der Waals surface area contributed by atoms with Crippen LogP contribution in [0.3, 0.4) is 0 Å². The van der Waals surface area contributed by atoms with Gasteiger partial charge in [-0.05, 0) is 42.7 Å². The van der Waals surface area contributed by atoms with Crippen LogP contribution in [0.4, 0.5) is 0 Å². The van der Waals surface area contributed by atoms with Crippen molar-refractivity contribution in [1.29, 1.82) is 0 Å². The van der Waals surface area contributed by atoms with Crippen LogP contribution < -0.4 is 5.73 Å². The molecule has 0 aliphatic heterocycles. The Kier molecular flexibility index (Phi) is 2.64. The maximum Gasteiger partial charge on any atom is 0.137 e. The lowest BCUT2D eigenvalue weighted by Gasteiger charge is -2.19. The van der Waals surface area contributed by atoms with Crippen molar-refractivity contribution in [1.82, 2.24) is 9.97 Å². The number of rotatable bonds is 2. The van der Waals surface area contributed by atoms with Gasteiger partial charge in [-0.1, -0.05) is 24.3 Å². The molecule has 0 atom stereocenters. The lowest BCUT2D eigenvalue weighted by Crippen LogP contribution is -2.28. The van der Waals surface area contributed by atoms with Gasteiger partial charge in [-0.15, -0.1) is 0 Å². The lowest BCUT2D eigenvalue weighted by atomic mass is 9.93. The summed E-state index contributed by atoms with van der Waals surface area (Å²) in [5.41, 5.74) is 10.2. The predicted molar refractivity (Wildman–Crippen MR) is 78.7 cm³/mol. The molecule has 19 heavy (non-hydrogen) atoms. The molecule has 0 amide bonds. The molecule has 3 N–H and O–H groups in total. The van der Waals surface area contributed by atoms with Crippen LogP contribution in [-0.4, -0.2) is 9.97 Å². The number of aromatic amines is 1. The topological polar surface area (TPSA) is 54.7 Å². The van der Waals surface area contributed by atoms with E-state index in [9.17, 15) is 0 Å². The van der Waals surface area contributed by atoms with E-state index in [0.717, 1.165) is 16.6 Å². The quantitative estimate of drug-likeness (QED) is 0.733. The van der Waals surface area contributed by atoms with Gasteiger partial charge in [-0.25, -0.2) is 4.98 Å². The number of fused-ring (bicyclic) bond motifs is 1. The molecular formula is C16H17N3. The first-order chi connectivity index (χ1) is 9.05. The monoisotopic (exact) mass is 251 g/mol. The molecule has 1 aromatic carbocycles. The van der Waals surface area contributed by atoms with Gasteiger partial charge < -0.3 is 10.7 Å². The third-order valence-electron chi connectivity index (χ3n) is 3.40. The molecule has 0 fully saturated rings. The highest BCUT2D eigenvalue weighted by molar-refractivity contribution is 5.92. The number of H-pyrrole nitrogens is 1. The van der Waals surface area contributed by atoms with Crippen LogP contribution in [0.2, 0.25) is 0 Å². The van der Waals surface area contributed by atoms with Gasteiger partial charge in [0.25, 0.3) is 0 Å². The summed E-state index contributed by atoms with van der Waals surface area (Å²) in [4.78, 5) is 7.44. The normalized spacial score (nSPS) is 11.9. The molecule has 0 saturated heterocycles. The van der Waals surface area contributed by atoms with Gasteiger partial charge in [-0.3, -0.25) is 0 Å². The van der Waals surface area contributed by atoms with Crippen LogP contribution >= 0.6 is 0 Å². The maximum absolute atomic E-state index is 6.10. The van der Waals surface area contributed by atoms with Crippen molar-refractivity contribution in [3.05, 3.63) is 54.4 Å². The summed E-state index contributed by atoms with van der Waals surface area (Å²) in [5, 5.41) is 1.14. The van der Waals surface area contributed by atoms with E-state index in [1.807, 2.05) is 32.3 Å². The average molecular weight is 251 g/mol. The number of aromatic nitrogens is 2. The highest BCUT2D eigenvalue weighted by Crippen LogP contribution is 2.28. The highest BCUT2D eigenvalue weighted by atomic mass is 14.8. The fourth-order valence-electron chi connectivity index (χ4n) is 2.29. The van der Waals surface area contributed by atoms with E-state index < -0.39 is 0 Å². The first-order valence-electron chi connectivity index (χ1n) is 6.37. The van der Waals surface area contributed by atoms with Crippen molar-refractivity contribution in [3.63, 3.8) is 0 Å². The Morgan fingerprint density at radius 1 is 1.05 bits per heavy atom. The molecule has 0 unspecified atom stereocenters. The SMILES string of the molecule is CC(C)(N)c1ccc(-c2ccnc3[nH]ccc23)cc1. The Hall–Kier alpha value is -2.13. The Bertz CT molecular complexity index is 703. The number of benzene rings is 1. The second kappa shape index (κ2) is 4.21. The number of hydrogen-bond acceptors (Lipinski definition) is 2. The zero-order chi connectivity index (χ0) is 13.5. The van der Waals surface area contributed by atoms with Crippen LogP contribution in [-0.2, 0) is 5.54 Å². The molecule has 3 rings (SSSR count). The van der Waals surface area contributed by atoms with Crippen LogP contribution in [0, 0.1) is 0 Å². The van der Waals surface area contributed by atoms with Crippen molar-refractivity contribution >= 4 is 11.0 Å². The summed E-state index contributed by atoms with van der Waals surface area (Å²) in [6, 6.07) is 12.5. The second-order valence-corrected chi connectivity index (χ2v) is 5.40. The summed E-state index contributed by atoms with van der Waals surface area (Å²) in [6.07, 6.45) is 3.74. The third-order valence-corrected chi connectivity index (χ3v) is 3.40. The molecule has 2 aromatic heterocycles. The Balaban J connectivity index is 2.10. The molecule has 0 spiro atoms. The second-order valence-electron chi connectivity index (χ2n) is 5.40. The largest absolute Gasteiger partial charge is 0.346 e. The van der Waals surface area contributed by atoms with Crippen LogP contribution in [0.15, 0.2) is 48.8 Å². The zero-order valence-electron chi connectivity index (χ0n) is 11.1. The molecule has 0 bridgehead atoms. The van der Waals surface area contributed by atoms with Gasteiger partial charge in [0.2, 0.25) is 0 Å². The van der Waals surface area contributed by atoms with Gasteiger partial charge in [0.05, 0.1) is 0 Å². The Morgan fingerprint density at radius 2 is 1.79 bits per heavy atom. The minimum absolute atomic E-state index is 0.305.